The van der Waals surface area contributed by atoms with Crippen molar-refractivity contribution in [1.82, 2.24) is 14.6 Å². The molecule has 1 aliphatic heterocycles. The van der Waals surface area contributed by atoms with E-state index >= 15 is 0 Å². The minimum atomic E-state index is -3.90. The van der Waals surface area contributed by atoms with Crippen LogP contribution >= 0.6 is 11.6 Å². The Balaban J connectivity index is 1.59. The highest BCUT2D eigenvalue weighted by Gasteiger charge is 2.29. The summed E-state index contributed by atoms with van der Waals surface area (Å²) in [5, 5.41) is 3.12. The van der Waals surface area contributed by atoms with E-state index < -0.39 is 16.1 Å². The molecule has 2 amide bonds. The standard InChI is InChI=1S/C20H24ClN5O4S/c1-14(24-31(29,30)17-7-5-16(6-8-17)23-15(2)27)20(28)26-12-10-25(11-13-26)19-18(21)4-3-9-22-19/h3-9,14,24H,10-13H2,1-2H3,(H,23,27)/t14-/m0/s1. The van der Waals surface area contributed by atoms with Crippen molar-refractivity contribution < 1.29 is 18.0 Å². The van der Waals surface area contributed by atoms with Gasteiger partial charge in [0.2, 0.25) is 21.8 Å². The van der Waals surface area contributed by atoms with E-state index in [1.54, 1.807) is 23.2 Å². The number of hydrogen-bond donors (Lipinski definition) is 2. The Morgan fingerprint density at radius 2 is 1.74 bits per heavy atom. The molecule has 2 N–H and O–H groups in total. The second-order valence-electron chi connectivity index (χ2n) is 7.17. The summed E-state index contributed by atoms with van der Waals surface area (Å²) >= 11 is 6.19. The predicted molar refractivity (Wildman–Crippen MR) is 119 cm³/mol. The van der Waals surface area contributed by atoms with Crippen LogP contribution in [0.5, 0.6) is 0 Å². The van der Waals surface area contributed by atoms with Gasteiger partial charge in [0.25, 0.3) is 0 Å². The number of pyridine rings is 1. The Kier molecular flexibility index (Phi) is 7.14. The fraction of sp³-hybridized carbons (Fsp3) is 0.350. The van der Waals surface area contributed by atoms with E-state index in [1.165, 1.54) is 38.1 Å². The van der Waals surface area contributed by atoms with E-state index in [-0.39, 0.29) is 16.7 Å². The molecule has 2 aromatic rings. The highest BCUT2D eigenvalue weighted by atomic mass is 35.5. The zero-order valence-electron chi connectivity index (χ0n) is 17.2. The summed E-state index contributed by atoms with van der Waals surface area (Å²) in [6.07, 6.45) is 1.66. The molecule has 0 spiro atoms. The fourth-order valence-electron chi connectivity index (χ4n) is 3.29. The van der Waals surface area contributed by atoms with Gasteiger partial charge in [0.1, 0.15) is 5.82 Å². The summed E-state index contributed by atoms with van der Waals surface area (Å²) in [5.74, 6) is 0.122. The van der Waals surface area contributed by atoms with Crippen LogP contribution in [0, 0.1) is 0 Å². The number of halogens is 1. The molecule has 0 unspecified atom stereocenters. The topological polar surface area (TPSA) is 112 Å². The van der Waals surface area contributed by atoms with Crippen LogP contribution in [0.25, 0.3) is 0 Å². The van der Waals surface area contributed by atoms with Crippen molar-refractivity contribution in [3.05, 3.63) is 47.6 Å². The van der Waals surface area contributed by atoms with E-state index in [0.717, 1.165) is 0 Å². The summed E-state index contributed by atoms with van der Waals surface area (Å²) in [4.78, 5) is 31.8. The van der Waals surface area contributed by atoms with Gasteiger partial charge in [0, 0.05) is 45.0 Å². The van der Waals surface area contributed by atoms with E-state index in [0.29, 0.717) is 42.7 Å². The number of hydrogen-bond acceptors (Lipinski definition) is 6. The van der Waals surface area contributed by atoms with E-state index in [4.69, 9.17) is 11.6 Å². The van der Waals surface area contributed by atoms with Crippen LogP contribution in [0.15, 0.2) is 47.5 Å². The molecule has 1 saturated heterocycles. The number of carbonyl (C=O) groups excluding carboxylic acids is 2. The Morgan fingerprint density at radius 1 is 1.10 bits per heavy atom. The molecule has 1 aromatic carbocycles. The molecule has 0 radical (unpaired) electrons. The number of amides is 2. The third-order valence-corrected chi connectivity index (χ3v) is 6.67. The molecule has 0 aliphatic carbocycles. The van der Waals surface area contributed by atoms with E-state index in [1.807, 2.05) is 4.90 Å². The van der Waals surface area contributed by atoms with Crippen LogP contribution in [-0.4, -0.2) is 62.3 Å². The number of carbonyl (C=O) groups is 2. The summed E-state index contributed by atoms with van der Waals surface area (Å²) in [6, 6.07) is 8.33. The number of anilines is 2. The van der Waals surface area contributed by atoms with Crippen LogP contribution in [0.2, 0.25) is 5.02 Å². The van der Waals surface area contributed by atoms with Crippen molar-refractivity contribution in [1.29, 1.82) is 0 Å². The van der Waals surface area contributed by atoms with Crippen molar-refractivity contribution in [3.8, 4) is 0 Å². The quantitative estimate of drug-likeness (QED) is 0.671. The summed E-state index contributed by atoms with van der Waals surface area (Å²) in [5.41, 5.74) is 0.487. The Labute approximate surface area is 186 Å². The Morgan fingerprint density at radius 3 is 2.32 bits per heavy atom. The van der Waals surface area contributed by atoms with E-state index in [2.05, 4.69) is 15.0 Å². The van der Waals surface area contributed by atoms with Gasteiger partial charge in [-0.1, -0.05) is 11.6 Å². The van der Waals surface area contributed by atoms with Gasteiger partial charge in [-0.3, -0.25) is 9.59 Å². The first-order valence-electron chi connectivity index (χ1n) is 9.71. The normalized spacial score (nSPS) is 15.5. The molecule has 9 nitrogen and oxygen atoms in total. The number of benzene rings is 1. The molecule has 1 fully saturated rings. The molecular weight excluding hydrogens is 442 g/mol. The molecule has 1 aromatic heterocycles. The molecule has 11 heteroatoms. The number of rotatable bonds is 6. The lowest BCUT2D eigenvalue weighted by atomic mass is 10.2. The number of aromatic nitrogens is 1. The lowest BCUT2D eigenvalue weighted by Crippen LogP contribution is -2.54. The van der Waals surface area contributed by atoms with Gasteiger partial charge in [0.15, 0.2) is 0 Å². The van der Waals surface area contributed by atoms with Gasteiger partial charge < -0.3 is 15.1 Å². The lowest BCUT2D eigenvalue weighted by Gasteiger charge is -2.36. The zero-order valence-corrected chi connectivity index (χ0v) is 18.8. The lowest BCUT2D eigenvalue weighted by molar-refractivity contribution is -0.132. The monoisotopic (exact) mass is 465 g/mol. The largest absolute Gasteiger partial charge is 0.352 e. The number of piperazine rings is 1. The molecule has 1 atom stereocenters. The van der Waals surface area contributed by atoms with Crippen molar-refractivity contribution in [3.63, 3.8) is 0 Å². The zero-order chi connectivity index (χ0) is 22.6. The minimum absolute atomic E-state index is 0.0101. The maximum atomic E-state index is 12.8. The average Bonchev–Trinajstić information content (AvgIpc) is 2.73. The molecule has 0 saturated carbocycles. The maximum absolute atomic E-state index is 12.8. The van der Waals surface area contributed by atoms with Gasteiger partial charge in [-0.25, -0.2) is 13.4 Å². The van der Waals surface area contributed by atoms with Crippen LogP contribution in [0.3, 0.4) is 0 Å². The highest BCUT2D eigenvalue weighted by Crippen LogP contribution is 2.23. The van der Waals surface area contributed by atoms with Crippen LogP contribution in [0.1, 0.15) is 13.8 Å². The smallest absolute Gasteiger partial charge is 0.241 e. The van der Waals surface area contributed by atoms with Crippen molar-refractivity contribution in [2.45, 2.75) is 24.8 Å². The summed E-state index contributed by atoms with van der Waals surface area (Å²) < 4.78 is 27.7. The number of sulfonamides is 1. The van der Waals surface area contributed by atoms with Crippen LogP contribution < -0.4 is 14.9 Å². The van der Waals surface area contributed by atoms with Gasteiger partial charge in [-0.2, -0.15) is 4.72 Å². The van der Waals surface area contributed by atoms with Gasteiger partial charge in [-0.15, -0.1) is 0 Å². The maximum Gasteiger partial charge on any atom is 0.241 e. The van der Waals surface area contributed by atoms with Crippen LogP contribution in [0.4, 0.5) is 11.5 Å². The molecule has 2 heterocycles. The minimum Gasteiger partial charge on any atom is -0.352 e. The second kappa shape index (κ2) is 9.63. The molecule has 1 aliphatic rings. The van der Waals surface area contributed by atoms with Gasteiger partial charge >= 0.3 is 0 Å². The fourth-order valence-corrected chi connectivity index (χ4v) is 4.73. The van der Waals surface area contributed by atoms with Crippen molar-refractivity contribution >= 4 is 44.9 Å². The average molecular weight is 466 g/mol. The molecule has 0 bridgehead atoms. The van der Waals surface area contributed by atoms with E-state index in [9.17, 15) is 18.0 Å². The predicted octanol–water partition coefficient (Wildman–Crippen LogP) is 1.71. The molecular formula is C20H24ClN5O4S. The SMILES string of the molecule is CC(=O)Nc1ccc(S(=O)(=O)N[C@@H](C)C(=O)N2CCN(c3ncccc3Cl)CC2)cc1. The second-order valence-corrected chi connectivity index (χ2v) is 9.29. The third-order valence-electron chi connectivity index (χ3n) is 4.82. The number of nitrogens with one attached hydrogen (secondary N) is 2. The first kappa shape index (κ1) is 23.0. The molecule has 3 rings (SSSR count). The van der Waals surface area contributed by atoms with Crippen LogP contribution in [-0.2, 0) is 19.6 Å². The Hall–Kier alpha value is -2.69. The number of nitrogens with zero attached hydrogens (tertiary/aromatic N) is 3. The van der Waals surface area contributed by atoms with Gasteiger partial charge in [0.05, 0.1) is 16.0 Å². The first-order chi connectivity index (χ1) is 14.7. The Bertz CT molecular complexity index is 1050. The first-order valence-corrected chi connectivity index (χ1v) is 11.6. The third kappa shape index (κ3) is 5.72. The summed E-state index contributed by atoms with van der Waals surface area (Å²) in [7, 11) is -3.90. The molecule has 166 valence electrons. The van der Waals surface area contributed by atoms with Crippen molar-refractivity contribution in [2.75, 3.05) is 36.4 Å². The molecule has 31 heavy (non-hydrogen) atoms. The summed E-state index contributed by atoms with van der Waals surface area (Å²) in [6.45, 7) is 4.85. The van der Waals surface area contributed by atoms with Crippen molar-refractivity contribution in [2.24, 2.45) is 0 Å². The highest BCUT2D eigenvalue weighted by molar-refractivity contribution is 7.89. The van der Waals surface area contributed by atoms with Gasteiger partial charge in [-0.05, 0) is 43.3 Å².